The summed E-state index contributed by atoms with van der Waals surface area (Å²) < 4.78 is 27.3. The number of anilines is 1. The molecule has 0 radical (unpaired) electrons. The predicted octanol–water partition coefficient (Wildman–Crippen LogP) is 3.95. The molecule has 166 valence electrons. The van der Waals surface area contributed by atoms with Crippen LogP contribution in [0.3, 0.4) is 0 Å². The molecule has 9 heteroatoms. The van der Waals surface area contributed by atoms with Crippen LogP contribution >= 0.6 is 0 Å². The van der Waals surface area contributed by atoms with E-state index in [4.69, 9.17) is 0 Å². The highest BCUT2D eigenvalue weighted by Gasteiger charge is 2.30. The molecule has 1 amide bonds. The Morgan fingerprint density at radius 3 is 2.44 bits per heavy atom. The van der Waals surface area contributed by atoms with E-state index < -0.39 is 9.84 Å². The molecule has 2 aliphatic carbocycles. The third kappa shape index (κ3) is 3.92. The van der Waals surface area contributed by atoms with Gasteiger partial charge in [0.25, 0.3) is 5.91 Å². The van der Waals surface area contributed by atoms with Gasteiger partial charge in [0.05, 0.1) is 16.2 Å². The zero-order valence-corrected chi connectivity index (χ0v) is 18.7. The van der Waals surface area contributed by atoms with E-state index in [1.54, 1.807) is 12.1 Å². The van der Waals surface area contributed by atoms with Crippen molar-refractivity contribution >= 4 is 21.4 Å². The molecule has 0 bridgehead atoms. The van der Waals surface area contributed by atoms with E-state index >= 15 is 0 Å². The fraction of sp³-hybridized carbons (Fsp3) is 0.391. The molecule has 0 spiro atoms. The Morgan fingerprint density at radius 1 is 1.03 bits per heavy atom. The Labute approximate surface area is 187 Å². The fourth-order valence-corrected chi connectivity index (χ4v) is 6.12. The van der Waals surface area contributed by atoms with Gasteiger partial charge in [-0.25, -0.2) is 13.1 Å². The maximum Gasteiger partial charge on any atom is 0.255 e. The topological polar surface area (TPSA) is 107 Å². The number of tetrazole rings is 1. The highest BCUT2D eigenvalue weighted by atomic mass is 32.2. The maximum atomic E-state index is 12.8. The minimum absolute atomic E-state index is 0.283. The molecular weight excluding hydrogens is 426 g/mol. The van der Waals surface area contributed by atoms with Gasteiger partial charge in [-0.1, -0.05) is 18.9 Å². The lowest BCUT2D eigenvalue weighted by Gasteiger charge is -2.12. The van der Waals surface area contributed by atoms with E-state index in [1.807, 2.05) is 29.8 Å². The standard InChI is InChI=1S/C23H25N5O3S/c1-15-6-9-17(14-21(15)22-25-26-27-28(22)18-10-11-18)24-23(29)16-7-12-20(13-8-16)32(30,31)19-4-2-3-5-19/h6-9,12-14,18-19H,2-5,10-11H2,1H3,(H,24,29). The minimum Gasteiger partial charge on any atom is -0.322 e. The first kappa shape index (κ1) is 20.8. The van der Waals surface area contributed by atoms with Crippen molar-refractivity contribution in [2.75, 3.05) is 5.32 Å². The SMILES string of the molecule is Cc1ccc(NC(=O)c2ccc(S(=O)(=O)C3CCCC3)cc2)cc1-c1nnnn1C1CC1. The lowest BCUT2D eigenvalue weighted by atomic mass is 10.1. The lowest BCUT2D eigenvalue weighted by molar-refractivity contribution is 0.102. The third-order valence-electron chi connectivity index (χ3n) is 6.31. The van der Waals surface area contributed by atoms with E-state index in [0.717, 1.165) is 36.8 Å². The van der Waals surface area contributed by atoms with E-state index in [0.29, 0.717) is 36.0 Å². The number of nitrogens with one attached hydrogen (secondary N) is 1. The van der Waals surface area contributed by atoms with Crippen LogP contribution in [0.1, 0.15) is 60.5 Å². The molecule has 0 aliphatic heterocycles. The molecule has 32 heavy (non-hydrogen) atoms. The second-order valence-corrected chi connectivity index (χ2v) is 10.9. The van der Waals surface area contributed by atoms with E-state index in [2.05, 4.69) is 20.8 Å². The van der Waals surface area contributed by atoms with Crippen molar-refractivity contribution in [1.82, 2.24) is 20.2 Å². The van der Waals surface area contributed by atoms with Gasteiger partial charge < -0.3 is 5.32 Å². The molecule has 2 aromatic carbocycles. The average molecular weight is 452 g/mol. The van der Waals surface area contributed by atoms with Gasteiger partial charge in [-0.05, 0) is 85.0 Å². The summed E-state index contributed by atoms with van der Waals surface area (Å²) >= 11 is 0. The fourth-order valence-electron chi connectivity index (χ4n) is 4.27. The second kappa shape index (κ2) is 8.12. The molecule has 2 saturated carbocycles. The monoisotopic (exact) mass is 451 g/mol. The number of carbonyl (C=O) groups is 1. The van der Waals surface area contributed by atoms with Crippen LogP contribution in [0.4, 0.5) is 5.69 Å². The molecule has 8 nitrogen and oxygen atoms in total. The highest BCUT2D eigenvalue weighted by molar-refractivity contribution is 7.92. The first-order valence-electron chi connectivity index (χ1n) is 11.0. The van der Waals surface area contributed by atoms with Crippen molar-refractivity contribution < 1.29 is 13.2 Å². The number of benzene rings is 2. The molecule has 1 aromatic heterocycles. The number of aromatic nitrogens is 4. The first-order chi connectivity index (χ1) is 15.4. The Kier molecular flexibility index (Phi) is 5.28. The van der Waals surface area contributed by atoms with Crippen molar-refractivity contribution in [2.45, 2.75) is 61.6 Å². The number of amides is 1. The minimum atomic E-state index is -3.33. The molecule has 3 aromatic rings. The Balaban J connectivity index is 1.34. The van der Waals surface area contributed by atoms with Crippen molar-refractivity contribution in [2.24, 2.45) is 0 Å². The summed E-state index contributed by atoms with van der Waals surface area (Å²) in [5.41, 5.74) is 2.92. The van der Waals surface area contributed by atoms with Gasteiger partial charge in [0.15, 0.2) is 15.7 Å². The van der Waals surface area contributed by atoms with Gasteiger partial charge in [-0.2, -0.15) is 0 Å². The van der Waals surface area contributed by atoms with Crippen LogP contribution in [-0.4, -0.2) is 39.8 Å². The smallest absolute Gasteiger partial charge is 0.255 e. The van der Waals surface area contributed by atoms with Crippen LogP contribution in [0.2, 0.25) is 0 Å². The average Bonchev–Trinajstić information content (AvgIpc) is 3.27. The Bertz CT molecular complexity index is 1260. The molecule has 2 aliphatic rings. The zero-order valence-electron chi connectivity index (χ0n) is 17.9. The summed E-state index contributed by atoms with van der Waals surface area (Å²) in [6.07, 6.45) is 5.47. The zero-order chi connectivity index (χ0) is 22.3. The number of carbonyl (C=O) groups excluding carboxylic acids is 1. The van der Waals surface area contributed by atoms with Crippen molar-refractivity contribution in [3.8, 4) is 11.4 Å². The highest BCUT2D eigenvalue weighted by Crippen LogP contribution is 2.37. The third-order valence-corrected chi connectivity index (χ3v) is 8.59. The Hall–Kier alpha value is -3.07. The summed E-state index contributed by atoms with van der Waals surface area (Å²) in [5.74, 6) is 0.397. The van der Waals surface area contributed by atoms with Crippen molar-refractivity contribution in [3.05, 3.63) is 53.6 Å². The summed E-state index contributed by atoms with van der Waals surface area (Å²) in [5, 5.41) is 14.7. The Morgan fingerprint density at radius 2 is 1.75 bits per heavy atom. The van der Waals surface area contributed by atoms with Gasteiger partial charge in [0.1, 0.15) is 0 Å². The van der Waals surface area contributed by atoms with Gasteiger partial charge in [-0.3, -0.25) is 4.79 Å². The largest absolute Gasteiger partial charge is 0.322 e. The quantitative estimate of drug-likeness (QED) is 0.608. The van der Waals surface area contributed by atoms with Gasteiger partial charge in [-0.15, -0.1) is 5.10 Å². The predicted molar refractivity (Wildman–Crippen MR) is 120 cm³/mol. The molecule has 0 atom stereocenters. The van der Waals surface area contributed by atoms with E-state index in [9.17, 15) is 13.2 Å². The number of hydrogen-bond acceptors (Lipinski definition) is 6. The van der Waals surface area contributed by atoms with Crippen LogP contribution in [0, 0.1) is 6.92 Å². The second-order valence-electron chi connectivity index (χ2n) is 8.64. The maximum absolute atomic E-state index is 12.8. The van der Waals surface area contributed by atoms with Crippen LogP contribution in [0.15, 0.2) is 47.4 Å². The lowest BCUT2D eigenvalue weighted by Crippen LogP contribution is -2.18. The normalized spacial score (nSPS) is 16.9. The van der Waals surface area contributed by atoms with Gasteiger partial charge in [0, 0.05) is 16.8 Å². The number of hydrogen-bond donors (Lipinski definition) is 1. The van der Waals surface area contributed by atoms with Gasteiger partial charge in [0.2, 0.25) is 0 Å². The summed E-state index contributed by atoms with van der Waals surface area (Å²) in [6, 6.07) is 12.2. The van der Waals surface area contributed by atoms with Gasteiger partial charge >= 0.3 is 0 Å². The molecule has 0 saturated heterocycles. The molecule has 2 fully saturated rings. The van der Waals surface area contributed by atoms with Crippen LogP contribution in [0.5, 0.6) is 0 Å². The van der Waals surface area contributed by atoms with E-state index in [1.165, 1.54) is 12.1 Å². The molecule has 5 rings (SSSR count). The molecule has 1 heterocycles. The number of aryl methyl sites for hydroxylation is 1. The van der Waals surface area contributed by atoms with Crippen molar-refractivity contribution in [3.63, 3.8) is 0 Å². The van der Waals surface area contributed by atoms with Crippen LogP contribution < -0.4 is 5.32 Å². The number of nitrogens with zero attached hydrogens (tertiary/aromatic N) is 4. The number of sulfone groups is 1. The summed E-state index contributed by atoms with van der Waals surface area (Å²) in [6.45, 7) is 1.98. The van der Waals surface area contributed by atoms with Crippen molar-refractivity contribution in [1.29, 1.82) is 0 Å². The summed E-state index contributed by atoms with van der Waals surface area (Å²) in [4.78, 5) is 13.1. The van der Waals surface area contributed by atoms with Crippen LogP contribution in [0.25, 0.3) is 11.4 Å². The number of rotatable bonds is 6. The van der Waals surface area contributed by atoms with Crippen LogP contribution in [-0.2, 0) is 9.84 Å². The molecule has 1 N–H and O–H groups in total. The molecular formula is C23H25N5O3S. The molecule has 0 unspecified atom stereocenters. The first-order valence-corrected chi connectivity index (χ1v) is 12.5. The van der Waals surface area contributed by atoms with E-state index in [-0.39, 0.29) is 16.1 Å². The summed E-state index contributed by atoms with van der Waals surface area (Å²) in [7, 11) is -3.33.